The Morgan fingerprint density at radius 2 is 2.00 bits per heavy atom. The minimum Gasteiger partial charge on any atom is -0.330 e. The second-order valence-electron chi connectivity index (χ2n) is 5.23. The lowest BCUT2D eigenvalue weighted by Crippen LogP contribution is -2.29. The van der Waals surface area contributed by atoms with Crippen molar-refractivity contribution in [3.05, 3.63) is 29.8 Å². The Morgan fingerprint density at radius 1 is 1.33 bits per heavy atom. The number of nitrogens with two attached hydrogens (primary N) is 1. The molecule has 1 aromatic carbocycles. The third-order valence-corrected chi connectivity index (χ3v) is 2.74. The number of ketones is 1. The number of rotatable bonds is 5. The summed E-state index contributed by atoms with van der Waals surface area (Å²) in [5.41, 5.74) is 6.60. The monoisotopic (exact) mass is 248 g/mol. The predicted molar refractivity (Wildman–Crippen MR) is 72.5 cm³/mol. The molecule has 0 fully saturated rings. The van der Waals surface area contributed by atoms with Crippen LogP contribution in [0.4, 0.5) is 5.69 Å². The van der Waals surface area contributed by atoms with E-state index in [4.69, 9.17) is 5.73 Å². The number of Topliss-reactive ketones (excluding diaryl/α,β-unsaturated/α-hetero) is 1. The molecule has 1 rings (SSSR count). The average molecular weight is 248 g/mol. The summed E-state index contributed by atoms with van der Waals surface area (Å²) in [5.74, 6) is -0.112. The van der Waals surface area contributed by atoms with Crippen LogP contribution in [0.25, 0.3) is 0 Å². The molecule has 1 aromatic rings. The van der Waals surface area contributed by atoms with Gasteiger partial charge in [-0.1, -0.05) is 26.0 Å². The van der Waals surface area contributed by atoms with E-state index in [9.17, 15) is 9.59 Å². The first-order valence-electron chi connectivity index (χ1n) is 5.95. The molecule has 1 amide bonds. The first-order chi connectivity index (χ1) is 8.34. The van der Waals surface area contributed by atoms with Gasteiger partial charge in [-0.2, -0.15) is 0 Å². The Kier molecular flexibility index (Phi) is 4.62. The molecule has 0 saturated carbocycles. The molecule has 0 saturated heterocycles. The maximum atomic E-state index is 11.8. The van der Waals surface area contributed by atoms with E-state index in [0.29, 0.717) is 24.2 Å². The van der Waals surface area contributed by atoms with Crippen LogP contribution in [0.15, 0.2) is 24.3 Å². The fourth-order valence-electron chi connectivity index (χ4n) is 1.53. The van der Waals surface area contributed by atoms with E-state index in [1.165, 1.54) is 6.92 Å². The summed E-state index contributed by atoms with van der Waals surface area (Å²) in [6.07, 6.45) is 0.355. The SMILES string of the molecule is CC(=O)c1cccc(NC(=O)CC(C)(C)CN)c1. The standard InChI is InChI=1S/C14H20N2O2/c1-10(17)11-5-4-6-12(7-11)16-13(18)8-14(2,3)9-15/h4-7H,8-9,15H2,1-3H3,(H,16,18). The van der Waals surface area contributed by atoms with Crippen LogP contribution in [0.1, 0.15) is 37.6 Å². The predicted octanol–water partition coefficient (Wildman–Crippen LogP) is 2.20. The molecule has 18 heavy (non-hydrogen) atoms. The Bertz CT molecular complexity index is 453. The Balaban J connectivity index is 2.70. The Labute approximate surface area is 108 Å². The number of hydrogen-bond acceptors (Lipinski definition) is 3. The fraction of sp³-hybridized carbons (Fsp3) is 0.429. The molecule has 0 aliphatic heterocycles. The largest absolute Gasteiger partial charge is 0.330 e. The van der Waals surface area contributed by atoms with Gasteiger partial charge in [0, 0.05) is 17.7 Å². The number of hydrogen-bond donors (Lipinski definition) is 2. The van der Waals surface area contributed by atoms with Gasteiger partial charge in [0.1, 0.15) is 0 Å². The lowest BCUT2D eigenvalue weighted by molar-refractivity contribution is -0.117. The van der Waals surface area contributed by atoms with Gasteiger partial charge in [0.2, 0.25) is 5.91 Å². The molecule has 0 spiro atoms. The minimum absolute atomic E-state index is 0.0200. The van der Waals surface area contributed by atoms with Crippen LogP contribution in [0.2, 0.25) is 0 Å². The molecule has 98 valence electrons. The third kappa shape index (κ3) is 4.30. The van der Waals surface area contributed by atoms with Gasteiger partial charge in [0.25, 0.3) is 0 Å². The van der Waals surface area contributed by atoms with Crippen LogP contribution in [-0.4, -0.2) is 18.2 Å². The van der Waals surface area contributed by atoms with Crippen LogP contribution in [0, 0.1) is 5.41 Å². The minimum atomic E-state index is -0.220. The summed E-state index contributed by atoms with van der Waals surface area (Å²) in [7, 11) is 0. The summed E-state index contributed by atoms with van der Waals surface area (Å²) in [6.45, 7) is 5.84. The molecule has 0 aliphatic carbocycles. The quantitative estimate of drug-likeness (QED) is 0.785. The molecule has 0 radical (unpaired) electrons. The molecule has 3 N–H and O–H groups in total. The number of amides is 1. The van der Waals surface area contributed by atoms with Crippen molar-refractivity contribution in [2.75, 3.05) is 11.9 Å². The lowest BCUT2D eigenvalue weighted by Gasteiger charge is -2.21. The third-order valence-electron chi connectivity index (χ3n) is 2.74. The smallest absolute Gasteiger partial charge is 0.224 e. The first-order valence-corrected chi connectivity index (χ1v) is 5.95. The van der Waals surface area contributed by atoms with E-state index < -0.39 is 0 Å². The first kappa shape index (κ1) is 14.4. The lowest BCUT2D eigenvalue weighted by atomic mass is 9.89. The normalized spacial score (nSPS) is 11.1. The van der Waals surface area contributed by atoms with Crippen molar-refractivity contribution in [3.8, 4) is 0 Å². The van der Waals surface area contributed by atoms with Gasteiger partial charge >= 0.3 is 0 Å². The summed E-state index contributed by atoms with van der Waals surface area (Å²) >= 11 is 0. The summed E-state index contributed by atoms with van der Waals surface area (Å²) in [6, 6.07) is 6.91. The molecular weight excluding hydrogens is 228 g/mol. The zero-order valence-corrected chi connectivity index (χ0v) is 11.1. The highest BCUT2D eigenvalue weighted by molar-refractivity contribution is 5.97. The maximum absolute atomic E-state index is 11.8. The van der Waals surface area contributed by atoms with Crippen molar-refractivity contribution in [2.24, 2.45) is 11.1 Å². The van der Waals surface area contributed by atoms with E-state index in [2.05, 4.69) is 5.32 Å². The second-order valence-corrected chi connectivity index (χ2v) is 5.23. The van der Waals surface area contributed by atoms with Crippen molar-refractivity contribution in [3.63, 3.8) is 0 Å². The molecule has 0 unspecified atom stereocenters. The van der Waals surface area contributed by atoms with Gasteiger partial charge < -0.3 is 11.1 Å². The number of carbonyl (C=O) groups excluding carboxylic acids is 2. The topological polar surface area (TPSA) is 72.2 Å². The zero-order chi connectivity index (χ0) is 13.8. The van der Waals surface area contributed by atoms with Crippen LogP contribution in [-0.2, 0) is 4.79 Å². The van der Waals surface area contributed by atoms with Gasteiger partial charge in [0.05, 0.1) is 0 Å². The number of carbonyl (C=O) groups is 2. The summed E-state index contributed by atoms with van der Waals surface area (Å²) < 4.78 is 0. The highest BCUT2D eigenvalue weighted by Gasteiger charge is 2.20. The van der Waals surface area contributed by atoms with Crippen LogP contribution in [0.5, 0.6) is 0 Å². The van der Waals surface area contributed by atoms with Gasteiger partial charge in [-0.15, -0.1) is 0 Å². The Morgan fingerprint density at radius 3 is 2.56 bits per heavy atom. The molecule has 0 atom stereocenters. The molecular formula is C14H20N2O2. The zero-order valence-electron chi connectivity index (χ0n) is 11.1. The average Bonchev–Trinajstić information content (AvgIpc) is 2.28. The summed E-state index contributed by atoms with van der Waals surface area (Å²) in [4.78, 5) is 23.0. The van der Waals surface area contributed by atoms with E-state index in [-0.39, 0.29) is 17.1 Å². The van der Waals surface area contributed by atoms with Crippen LogP contribution in [0.3, 0.4) is 0 Å². The molecule has 0 aliphatic rings. The molecule has 0 heterocycles. The number of anilines is 1. The molecule has 4 heteroatoms. The Hall–Kier alpha value is -1.68. The highest BCUT2D eigenvalue weighted by atomic mass is 16.1. The second kappa shape index (κ2) is 5.78. The van der Waals surface area contributed by atoms with Crippen LogP contribution >= 0.6 is 0 Å². The van der Waals surface area contributed by atoms with Gasteiger partial charge in [-0.3, -0.25) is 9.59 Å². The van der Waals surface area contributed by atoms with Gasteiger partial charge in [-0.05, 0) is 31.0 Å². The van der Waals surface area contributed by atoms with E-state index in [0.717, 1.165) is 0 Å². The maximum Gasteiger partial charge on any atom is 0.224 e. The van der Waals surface area contributed by atoms with Gasteiger partial charge in [-0.25, -0.2) is 0 Å². The summed E-state index contributed by atoms with van der Waals surface area (Å²) in [5, 5.41) is 2.78. The van der Waals surface area contributed by atoms with E-state index in [1.54, 1.807) is 24.3 Å². The van der Waals surface area contributed by atoms with Crippen molar-refractivity contribution in [1.29, 1.82) is 0 Å². The van der Waals surface area contributed by atoms with E-state index in [1.807, 2.05) is 13.8 Å². The van der Waals surface area contributed by atoms with Crippen molar-refractivity contribution >= 4 is 17.4 Å². The number of benzene rings is 1. The van der Waals surface area contributed by atoms with Crippen molar-refractivity contribution in [1.82, 2.24) is 0 Å². The fourth-order valence-corrected chi connectivity index (χ4v) is 1.53. The highest BCUT2D eigenvalue weighted by Crippen LogP contribution is 2.19. The molecule has 0 aromatic heterocycles. The van der Waals surface area contributed by atoms with Gasteiger partial charge in [0.15, 0.2) is 5.78 Å². The van der Waals surface area contributed by atoms with Crippen molar-refractivity contribution < 1.29 is 9.59 Å². The molecule has 4 nitrogen and oxygen atoms in total. The van der Waals surface area contributed by atoms with E-state index >= 15 is 0 Å². The van der Waals surface area contributed by atoms with Crippen molar-refractivity contribution in [2.45, 2.75) is 27.2 Å². The number of nitrogens with one attached hydrogen (secondary N) is 1. The van der Waals surface area contributed by atoms with Crippen LogP contribution < -0.4 is 11.1 Å². The molecule has 0 bridgehead atoms.